The second kappa shape index (κ2) is 3.31. The van der Waals surface area contributed by atoms with Crippen LogP contribution in [0.25, 0.3) is 0 Å². The molecule has 3 N–H and O–H groups in total. The fourth-order valence-corrected chi connectivity index (χ4v) is 2.23. The normalized spacial score (nSPS) is 27.5. The minimum atomic E-state index is -0.455. The first kappa shape index (κ1) is 9.35. The number of para-hydroxylation sites is 1. The van der Waals surface area contributed by atoms with Gasteiger partial charge in [-0.2, -0.15) is 0 Å². The van der Waals surface area contributed by atoms with Gasteiger partial charge in [0.2, 0.25) is 0 Å². The molecule has 3 rings (SSSR count). The van der Waals surface area contributed by atoms with E-state index < -0.39 is 6.04 Å². The highest BCUT2D eigenvalue weighted by atomic mass is 16.2. The Bertz CT molecular complexity index is 472. The van der Waals surface area contributed by atoms with Gasteiger partial charge in [-0.15, -0.1) is 0 Å². The zero-order valence-corrected chi connectivity index (χ0v) is 8.49. The molecule has 1 amide bonds. The Hall–Kier alpha value is -1.88. The van der Waals surface area contributed by atoms with Gasteiger partial charge in [0.1, 0.15) is 6.04 Å². The molecule has 0 radical (unpaired) electrons. The lowest BCUT2D eigenvalue weighted by Crippen LogP contribution is -2.61. The van der Waals surface area contributed by atoms with E-state index in [1.54, 1.807) is 6.07 Å². The van der Waals surface area contributed by atoms with Crippen molar-refractivity contribution in [1.82, 2.24) is 10.9 Å². The molecular formula is C11H11N3O2. The van der Waals surface area contributed by atoms with E-state index in [1.165, 1.54) is 0 Å². The van der Waals surface area contributed by atoms with Gasteiger partial charge in [-0.1, -0.05) is 12.1 Å². The molecule has 0 saturated carbocycles. The van der Waals surface area contributed by atoms with Gasteiger partial charge < -0.3 is 5.32 Å². The van der Waals surface area contributed by atoms with Gasteiger partial charge in [-0.05, 0) is 12.1 Å². The number of carbonyl (C=O) groups is 2. The average Bonchev–Trinajstić information content (AvgIpc) is 2.31. The third-order valence-corrected chi connectivity index (χ3v) is 3.06. The second-order valence-electron chi connectivity index (χ2n) is 4.01. The molecule has 2 unspecified atom stereocenters. The van der Waals surface area contributed by atoms with Gasteiger partial charge in [0, 0.05) is 17.8 Å². The maximum atomic E-state index is 12.1. The molecular weight excluding hydrogens is 206 g/mol. The summed E-state index contributed by atoms with van der Waals surface area (Å²) in [6, 6.07) is 6.82. The Morgan fingerprint density at radius 1 is 1.19 bits per heavy atom. The lowest BCUT2D eigenvalue weighted by Gasteiger charge is -2.36. The summed E-state index contributed by atoms with van der Waals surface area (Å²) in [5, 5.41) is 3.11. The highest BCUT2D eigenvalue weighted by Gasteiger charge is 2.41. The number of anilines is 1. The van der Waals surface area contributed by atoms with Gasteiger partial charge in [0.25, 0.3) is 5.91 Å². The Kier molecular flexibility index (Phi) is 1.94. The molecule has 0 spiro atoms. The number of ketones is 1. The minimum absolute atomic E-state index is 0.0294. The van der Waals surface area contributed by atoms with Crippen LogP contribution in [-0.2, 0) is 4.79 Å². The molecule has 1 aromatic carbocycles. The predicted octanol–water partition coefficient (Wildman–Crippen LogP) is -0.0860. The lowest BCUT2D eigenvalue weighted by molar-refractivity contribution is -0.125. The third kappa shape index (κ3) is 1.22. The zero-order chi connectivity index (χ0) is 11.1. The topological polar surface area (TPSA) is 70.2 Å². The summed E-state index contributed by atoms with van der Waals surface area (Å²) in [5.74, 6) is -0.468. The predicted molar refractivity (Wildman–Crippen MR) is 57.8 cm³/mol. The third-order valence-electron chi connectivity index (χ3n) is 3.06. The van der Waals surface area contributed by atoms with Crippen molar-refractivity contribution in [3.05, 3.63) is 29.8 Å². The quantitative estimate of drug-likeness (QED) is 0.568. The van der Waals surface area contributed by atoms with Crippen LogP contribution in [0.4, 0.5) is 5.69 Å². The van der Waals surface area contributed by atoms with Crippen LogP contribution in [0, 0.1) is 5.92 Å². The summed E-state index contributed by atoms with van der Waals surface area (Å²) >= 11 is 0. The summed E-state index contributed by atoms with van der Waals surface area (Å²) in [6.07, 6.45) is 0. The van der Waals surface area contributed by atoms with Crippen LogP contribution < -0.4 is 16.2 Å². The fraction of sp³-hybridized carbons (Fsp3) is 0.273. The zero-order valence-electron chi connectivity index (χ0n) is 8.49. The molecule has 2 aliphatic rings. The smallest absolute Gasteiger partial charge is 0.257 e. The van der Waals surface area contributed by atoms with E-state index in [-0.39, 0.29) is 17.6 Å². The molecule has 1 fully saturated rings. The number of Topliss-reactive ketones (excluding diaryl/α,β-unsaturated/α-hetero) is 1. The fourth-order valence-electron chi connectivity index (χ4n) is 2.23. The van der Waals surface area contributed by atoms with Crippen molar-refractivity contribution in [2.45, 2.75) is 6.04 Å². The Labute approximate surface area is 92.2 Å². The SMILES string of the molecule is O=C1c2ccccc2NC2C(=O)NNCC12. The highest BCUT2D eigenvalue weighted by Crippen LogP contribution is 2.28. The first-order valence-electron chi connectivity index (χ1n) is 5.20. The number of carbonyl (C=O) groups excluding carboxylic acids is 2. The maximum Gasteiger partial charge on any atom is 0.257 e. The number of nitrogens with one attached hydrogen (secondary N) is 3. The van der Waals surface area contributed by atoms with Crippen molar-refractivity contribution in [1.29, 1.82) is 0 Å². The van der Waals surface area contributed by atoms with Gasteiger partial charge in [0.15, 0.2) is 5.78 Å². The van der Waals surface area contributed by atoms with Gasteiger partial charge >= 0.3 is 0 Å². The number of amides is 1. The maximum absolute atomic E-state index is 12.1. The highest BCUT2D eigenvalue weighted by molar-refractivity contribution is 6.09. The molecule has 16 heavy (non-hydrogen) atoms. The largest absolute Gasteiger partial charge is 0.372 e. The van der Waals surface area contributed by atoms with Crippen molar-refractivity contribution < 1.29 is 9.59 Å². The molecule has 0 aliphatic carbocycles. The van der Waals surface area contributed by atoms with Crippen molar-refractivity contribution in [2.24, 2.45) is 5.92 Å². The van der Waals surface area contributed by atoms with Gasteiger partial charge in [-0.25, -0.2) is 5.43 Å². The summed E-state index contributed by atoms with van der Waals surface area (Å²) in [4.78, 5) is 23.7. The van der Waals surface area contributed by atoms with Gasteiger partial charge in [-0.3, -0.25) is 15.0 Å². The van der Waals surface area contributed by atoms with Crippen LogP contribution in [0.5, 0.6) is 0 Å². The Morgan fingerprint density at radius 2 is 2.00 bits per heavy atom. The Morgan fingerprint density at radius 3 is 2.88 bits per heavy atom. The Balaban J connectivity index is 2.06. The van der Waals surface area contributed by atoms with Crippen LogP contribution in [0.2, 0.25) is 0 Å². The number of hydrazine groups is 1. The molecule has 1 aromatic rings. The second-order valence-corrected chi connectivity index (χ2v) is 4.01. The van der Waals surface area contributed by atoms with E-state index in [2.05, 4.69) is 16.2 Å². The first-order chi connectivity index (χ1) is 7.77. The monoisotopic (exact) mass is 217 g/mol. The molecule has 2 atom stereocenters. The van der Waals surface area contributed by atoms with E-state index in [0.29, 0.717) is 12.1 Å². The number of hydrogen-bond donors (Lipinski definition) is 3. The molecule has 0 bridgehead atoms. The lowest BCUT2D eigenvalue weighted by atomic mass is 9.84. The van der Waals surface area contributed by atoms with Crippen molar-refractivity contribution in [3.8, 4) is 0 Å². The molecule has 82 valence electrons. The van der Waals surface area contributed by atoms with Crippen LogP contribution >= 0.6 is 0 Å². The van der Waals surface area contributed by atoms with E-state index in [0.717, 1.165) is 5.69 Å². The summed E-state index contributed by atoms with van der Waals surface area (Å²) in [5.41, 5.74) is 6.67. The summed E-state index contributed by atoms with van der Waals surface area (Å²) < 4.78 is 0. The summed E-state index contributed by atoms with van der Waals surface area (Å²) in [7, 11) is 0. The standard InChI is InChI=1S/C11H11N3O2/c15-10-6-3-1-2-4-8(6)13-9-7(10)5-12-14-11(9)16/h1-4,7,9,12-13H,5H2,(H,14,16). The first-order valence-corrected chi connectivity index (χ1v) is 5.20. The van der Waals surface area contributed by atoms with E-state index in [9.17, 15) is 9.59 Å². The van der Waals surface area contributed by atoms with E-state index in [4.69, 9.17) is 0 Å². The van der Waals surface area contributed by atoms with Crippen molar-refractivity contribution in [2.75, 3.05) is 11.9 Å². The van der Waals surface area contributed by atoms with E-state index in [1.807, 2.05) is 18.2 Å². The molecule has 1 saturated heterocycles. The number of benzene rings is 1. The number of hydrogen-bond acceptors (Lipinski definition) is 4. The van der Waals surface area contributed by atoms with Crippen LogP contribution in [0.1, 0.15) is 10.4 Å². The van der Waals surface area contributed by atoms with Crippen LogP contribution in [0.15, 0.2) is 24.3 Å². The number of fused-ring (bicyclic) bond motifs is 2. The molecule has 0 aromatic heterocycles. The van der Waals surface area contributed by atoms with Crippen LogP contribution in [0.3, 0.4) is 0 Å². The van der Waals surface area contributed by atoms with Crippen molar-refractivity contribution in [3.63, 3.8) is 0 Å². The summed E-state index contributed by atoms with van der Waals surface area (Å²) in [6.45, 7) is 0.469. The van der Waals surface area contributed by atoms with E-state index >= 15 is 0 Å². The van der Waals surface area contributed by atoms with Crippen LogP contribution in [-0.4, -0.2) is 24.3 Å². The van der Waals surface area contributed by atoms with Gasteiger partial charge in [0.05, 0.1) is 5.92 Å². The molecule has 5 heteroatoms. The number of rotatable bonds is 0. The average molecular weight is 217 g/mol. The molecule has 5 nitrogen and oxygen atoms in total. The molecule has 2 aliphatic heterocycles. The minimum Gasteiger partial charge on any atom is -0.372 e. The van der Waals surface area contributed by atoms with Crippen molar-refractivity contribution >= 4 is 17.4 Å². The molecule has 2 heterocycles.